The molecule has 0 unspecified atom stereocenters. The average Bonchev–Trinajstić information content (AvgIpc) is 2.46. The Kier molecular flexibility index (Phi) is 4.36. The van der Waals surface area contributed by atoms with E-state index in [1.807, 2.05) is 0 Å². The van der Waals surface area contributed by atoms with E-state index in [-0.39, 0.29) is 16.8 Å². The number of amides is 1. The van der Waals surface area contributed by atoms with Crippen LogP contribution in [0.4, 0.5) is 10.1 Å². The second-order valence-corrected chi connectivity index (χ2v) is 4.51. The monoisotopic (exact) mass is 304 g/mol. The third-order valence-electron chi connectivity index (χ3n) is 2.97. The van der Waals surface area contributed by atoms with E-state index in [1.54, 1.807) is 0 Å². The number of aromatic amines is 1. The minimum Gasteiger partial charge on any atom is -0.465 e. The van der Waals surface area contributed by atoms with Crippen molar-refractivity contribution in [3.8, 4) is 0 Å². The first-order valence-electron chi connectivity index (χ1n) is 6.31. The van der Waals surface area contributed by atoms with Crippen LogP contribution in [0, 0.1) is 12.7 Å². The van der Waals surface area contributed by atoms with Crippen LogP contribution in [-0.4, -0.2) is 24.0 Å². The molecule has 0 aliphatic carbocycles. The molecule has 2 aromatic rings. The number of benzene rings is 1. The third kappa shape index (κ3) is 3.20. The predicted octanol–water partition coefficient (Wildman–Crippen LogP) is 1.86. The Morgan fingerprint density at radius 1 is 1.23 bits per heavy atom. The Morgan fingerprint density at radius 3 is 2.59 bits per heavy atom. The smallest absolute Gasteiger partial charge is 0.339 e. The second kappa shape index (κ2) is 6.21. The number of hydrogen-bond acceptors (Lipinski definition) is 4. The van der Waals surface area contributed by atoms with E-state index in [9.17, 15) is 18.8 Å². The summed E-state index contributed by atoms with van der Waals surface area (Å²) in [6.45, 7) is 1.52. The van der Waals surface area contributed by atoms with Crippen molar-refractivity contribution in [3.05, 3.63) is 63.3 Å². The lowest BCUT2D eigenvalue weighted by Crippen LogP contribution is -2.25. The summed E-state index contributed by atoms with van der Waals surface area (Å²) in [5.41, 5.74) is -0.357. The fourth-order valence-corrected chi connectivity index (χ4v) is 1.88. The molecule has 1 heterocycles. The molecule has 1 aromatic heterocycles. The first-order valence-corrected chi connectivity index (χ1v) is 6.31. The van der Waals surface area contributed by atoms with Gasteiger partial charge >= 0.3 is 5.97 Å². The van der Waals surface area contributed by atoms with Crippen LogP contribution in [0.15, 0.2) is 35.1 Å². The van der Waals surface area contributed by atoms with Crippen LogP contribution in [0.1, 0.15) is 26.4 Å². The van der Waals surface area contributed by atoms with Gasteiger partial charge in [-0.15, -0.1) is 0 Å². The zero-order valence-electron chi connectivity index (χ0n) is 11.9. The Bertz CT molecular complexity index is 798. The summed E-state index contributed by atoms with van der Waals surface area (Å²) in [4.78, 5) is 38.0. The molecular weight excluding hydrogens is 291 g/mol. The van der Waals surface area contributed by atoms with Crippen LogP contribution >= 0.6 is 0 Å². The van der Waals surface area contributed by atoms with Gasteiger partial charge in [0.25, 0.3) is 11.5 Å². The van der Waals surface area contributed by atoms with Crippen LogP contribution in [0.2, 0.25) is 0 Å². The number of anilines is 1. The number of ether oxygens (including phenoxy) is 1. The number of H-pyrrole nitrogens is 1. The summed E-state index contributed by atoms with van der Waals surface area (Å²) >= 11 is 0. The summed E-state index contributed by atoms with van der Waals surface area (Å²) < 4.78 is 17.7. The molecule has 0 atom stereocenters. The number of halogens is 1. The molecule has 0 radical (unpaired) electrons. The molecule has 0 bridgehead atoms. The SMILES string of the molecule is COC(=O)c1cc(C(=O)Nc2cccc(F)c2)c(=O)[nH]c1C. The first-order chi connectivity index (χ1) is 10.4. The Balaban J connectivity index is 2.37. The lowest BCUT2D eigenvalue weighted by molar-refractivity contribution is 0.0599. The summed E-state index contributed by atoms with van der Waals surface area (Å²) in [6, 6.07) is 6.38. The fourth-order valence-electron chi connectivity index (χ4n) is 1.88. The molecule has 0 saturated heterocycles. The first kappa shape index (κ1) is 15.4. The van der Waals surface area contributed by atoms with Crippen LogP contribution in [0.3, 0.4) is 0 Å². The zero-order chi connectivity index (χ0) is 16.3. The number of aryl methyl sites for hydroxylation is 1. The maximum Gasteiger partial charge on any atom is 0.339 e. The van der Waals surface area contributed by atoms with Crippen LogP contribution in [0.25, 0.3) is 0 Å². The number of pyridine rings is 1. The number of hydrogen-bond donors (Lipinski definition) is 2. The summed E-state index contributed by atoms with van der Waals surface area (Å²) in [7, 11) is 1.19. The van der Waals surface area contributed by atoms with Gasteiger partial charge in [0.15, 0.2) is 0 Å². The minimum absolute atomic E-state index is 0.0755. The van der Waals surface area contributed by atoms with E-state index in [0.29, 0.717) is 5.69 Å². The molecule has 2 N–H and O–H groups in total. The van der Waals surface area contributed by atoms with Gasteiger partial charge in [-0.2, -0.15) is 0 Å². The molecule has 0 saturated carbocycles. The lowest BCUT2D eigenvalue weighted by Gasteiger charge is -2.08. The number of carbonyl (C=O) groups is 2. The highest BCUT2D eigenvalue weighted by Gasteiger charge is 2.18. The van der Waals surface area contributed by atoms with E-state index in [0.717, 1.165) is 12.1 Å². The van der Waals surface area contributed by atoms with Crippen molar-refractivity contribution < 1.29 is 18.7 Å². The van der Waals surface area contributed by atoms with Crippen LogP contribution < -0.4 is 10.9 Å². The van der Waals surface area contributed by atoms with E-state index in [1.165, 1.54) is 32.2 Å². The van der Waals surface area contributed by atoms with E-state index in [4.69, 9.17) is 0 Å². The Labute approximate surface area is 124 Å². The minimum atomic E-state index is -0.753. The van der Waals surface area contributed by atoms with Crippen molar-refractivity contribution in [2.24, 2.45) is 0 Å². The molecule has 2 rings (SSSR count). The number of nitrogens with one attached hydrogen (secondary N) is 2. The molecule has 6 nitrogen and oxygen atoms in total. The number of methoxy groups -OCH3 is 1. The average molecular weight is 304 g/mol. The molecule has 0 fully saturated rings. The van der Waals surface area contributed by atoms with Gasteiger partial charge in [0.1, 0.15) is 11.4 Å². The quantitative estimate of drug-likeness (QED) is 0.847. The number of aromatic nitrogens is 1. The summed E-state index contributed by atoms with van der Waals surface area (Å²) in [5.74, 6) is -1.95. The molecular formula is C15H13FN2O4. The number of carbonyl (C=O) groups excluding carboxylic acids is 2. The number of esters is 1. The fraction of sp³-hybridized carbons (Fsp3) is 0.133. The maximum absolute atomic E-state index is 13.1. The molecule has 114 valence electrons. The van der Waals surface area contributed by atoms with Gasteiger partial charge in [0.05, 0.1) is 12.7 Å². The van der Waals surface area contributed by atoms with Crippen LogP contribution in [0.5, 0.6) is 0 Å². The van der Waals surface area contributed by atoms with E-state index in [2.05, 4.69) is 15.0 Å². The maximum atomic E-state index is 13.1. The van der Waals surface area contributed by atoms with Crippen molar-refractivity contribution in [1.29, 1.82) is 0 Å². The summed E-state index contributed by atoms with van der Waals surface area (Å²) in [6.07, 6.45) is 0. The highest BCUT2D eigenvalue weighted by atomic mass is 19.1. The molecule has 7 heteroatoms. The molecule has 1 amide bonds. The van der Waals surface area contributed by atoms with Gasteiger partial charge in [0.2, 0.25) is 0 Å². The highest BCUT2D eigenvalue weighted by Crippen LogP contribution is 2.12. The predicted molar refractivity (Wildman–Crippen MR) is 77.5 cm³/mol. The van der Waals surface area contributed by atoms with Crippen LogP contribution in [-0.2, 0) is 4.74 Å². The van der Waals surface area contributed by atoms with Crippen molar-refractivity contribution in [2.45, 2.75) is 6.92 Å². The highest BCUT2D eigenvalue weighted by molar-refractivity contribution is 6.05. The van der Waals surface area contributed by atoms with Gasteiger partial charge in [-0.25, -0.2) is 9.18 Å². The second-order valence-electron chi connectivity index (χ2n) is 4.51. The van der Waals surface area contributed by atoms with Crippen molar-refractivity contribution >= 4 is 17.6 Å². The third-order valence-corrected chi connectivity index (χ3v) is 2.97. The Hall–Kier alpha value is -2.96. The molecule has 0 aliphatic rings. The van der Waals surface area contributed by atoms with Gasteiger partial charge in [-0.1, -0.05) is 6.07 Å². The molecule has 22 heavy (non-hydrogen) atoms. The molecule has 0 spiro atoms. The lowest BCUT2D eigenvalue weighted by atomic mass is 10.1. The Morgan fingerprint density at radius 2 is 1.95 bits per heavy atom. The molecule has 0 aliphatic heterocycles. The van der Waals surface area contributed by atoms with E-state index < -0.39 is 23.3 Å². The van der Waals surface area contributed by atoms with Crippen molar-refractivity contribution in [2.75, 3.05) is 12.4 Å². The summed E-state index contributed by atoms with van der Waals surface area (Å²) in [5, 5.41) is 2.39. The van der Waals surface area contributed by atoms with Crippen molar-refractivity contribution in [3.63, 3.8) is 0 Å². The van der Waals surface area contributed by atoms with Gasteiger partial charge < -0.3 is 15.0 Å². The van der Waals surface area contributed by atoms with Crippen molar-refractivity contribution in [1.82, 2.24) is 4.98 Å². The van der Waals surface area contributed by atoms with Gasteiger partial charge in [0, 0.05) is 11.4 Å². The normalized spacial score (nSPS) is 10.1. The van der Waals surface area contributed by atoms with Gasteiger partial charge in [-0.05, 0) is 31.2 Å². The topological polar surface area (TPSA) is 88.3 Å². The van der Waals surface area contributed by atoms with E-state index >= 15 is 0 Å². The van der Waals surface area contributed by atoms with Gasteiger partial charge in [-0.3, -0.25) is 9.59 Å². The zero-order valence-corrected chi connectivity index (χ0v) is 11.9. The molecule has 1 aromatic carbocycles. The largest absolute Gasteiger partial charge is 0.465 e. The standard InChI is InChI=1S/C15H13FN2O4/c1-8-11(15(21)22-2)7-12(13(19)17-8)14(20)18-10-5-3-4-9(16)6-10/h3-7H,1-2H3,(H,17,19)(H,18,20). The number of rotatable bonds is 3.